The Hall–Kier alpha value is -1.97. The summed E-state index contributed by atoms with van der Waals surface area (Å²) >= 11 is 0. The second kappa shape index (κ2) is 9.23. The van der Waals surface area contributed by atoms with Crippen LogP contribution in [0.1, 0.15) is 25.3 Å². The molecule has 3 rings (SSSR count). The van der Waals surface area contributed by atoms with Crippen LogP contribution in [0, 0.1) is 6.92 Å². The third-order valence-corrected chi connectivity index (χ3v) is 7.52. The summed E-state index contributed by atoms with van der Waals surface area (Å²) < 4.78 is 27.1. The van der Waals surface area contributed by atoms with Crippen LogP contribution < -0.4 is 5.32 Å². The summed E-state index contributed by atoms with van der Waals surface area (Å²) in [5.74, 6) is 0.0364. The molecule has 0 atom stereocenters. The van der Waals surface area contributed by atoms with Gasteiger partial charge in [0.2, 0.25) is 21.8 Å². The van der Waals surface area contributed by atoms with Crippen molar-refractivity contribution >= 4 is 21.8 Å². The number of piperidine rings is 1. The monoisotopic (exact) mass is 422 g/mol. The van der Waals surface area contributed by atoms with E-state index in [0.717, 1.165) is 18.4 Å². The van der Waals surface area contributed by atoms with Crippen molar-refractivity contribution in [3.8, 4) is 0 Å². The maximum absolute atomic E-state index is 12.8. The van der Waals surface area contributed by atoms with Crippen molar-refractivity contribution in [2.75, 3.05) is 45.8 Å². The molecule has 8 nitrogen and oxygen atoms in total. The van der Waals surface area contributed by atoms with Gasteiger partial charge in [-0.3, -0.25) is 14.5 Å². The van der Waals surface area contributed by atoms with Crippen molar-refractivity contribution in [3.05, 3.63) is 29.8 Å². The molecule has 0 spiro atoms. The molecule has 2 saturated heterocycles. The van der Waals surface area contributed by atoms with Crippen molar-refractivity contribution in [1.82, 2.24) is 19.4 Å². The first kappa shape index (κ1) is 21.7. The van der Waals surface area contributed by atoms with Gasteiger partial charge in [-0.2, -0.15) is 4.31 Å². The summed E-state index contributed by atoms with van der Waals surface area (Å²) in [6.07, 6.45) is 1.54. The fraction of sp³-hybridized carbons (Fsp3) is 0.600. The molecule has 160 valence electrons. The molecule has 29 heavy (non-hydrogen) atoms. The Morgan fingerprint density at radius 2 is 1.59 bits per heavy atom. The van der Waals surface area contributed by atoms with Gasteiger partial charge in [-0.1, -0.05) is 17.7 Å². The summed E-state index contributed by atoms with van der Waals surface area (Å²) in [5, 5.41) is 2.91. The van der Waals surface area contributed by atoms with Crippen LogP contribution in [0.2, 0.25) is 0 Å². The van der Waals surface area contributed by atoms with Gasteiger partial charge in [-0.25, -0.2) is 8.42 Å². The van der Waals surface area contributed by atoms with Gasteiger partial charge in [0.1, 0.15) is 0 Å². The van der Waals surface area contributed by atoms with E-state index in [4.69, 9.17) is 0 Å². The number of hydrogen-bond donors (Lipinski definition) is 1. The lowest BCUT2D eigenvalue weighted by molar-refractivity contribution is -0.133. The topological polar surface area (TPSA) is 90.0 Å². The summed E-state index contributed by atoms with van der Waals surface area (Å²) in [4.78, 5) is 27.9. The van der Waals surface area contributed by atoms with E-state index in [0.29, 0.717) is 50.7 Å². The third-order valence-electron chi connectivity index (χ3n) is 5.60. The van der Waals surface area contributed by atoms with Gasteiger partial charge in [0.15, 0.2) is 0 Å². The van der Waals surface area contributed by atoms with E-state index in [1.165, 1.54) is 11.2 Å². The molecule has 0 radical (unpaired) electrons. The van der Waals surface area contributed by atoms with Crippen molar-refractivity contribution in [2.45, 2.75) is 37.6 Å². The minimum Gasteiger partial charge on any atom is -0.353 e. The van der Waals surface area contributed by atoms with Gasteiger partial charge in [0.05, 0.1) is 11.4 Å². The van der Waals surface area contributed by atoms with E-state index in [9.17, 15) is 18.0 Å². The second-order valence-corrected chi connectivity index (χ2v) is 9.79. The highest BCUT2D eigenvalue weighted by molar-refractivity contribution is 7.89. The number of aryl methyl sites for hydroxylation is 1. The molecule has 0 aliphatic carbocycles. The van der Waals surface area contributed by atoms with E-state index in [1.807, 2.05) is 16.7 Å². The number of likely N-dealkylation sites (tertiary alicyclic amines) is 1. The number of sulfonamides is 1. The Morgan fingerprint density at radius 1 is 1.00 bits per heavy atom. The molecule has 2 amide bonds. The third kappa shape index (κ3) is 5.55. The van der Waals surface area contributed by atoms with Gasteiger partial charge < -0.3 is 10.2 Å². The molecule has 2 aliphatic heterocycles. The molecule has 1 aromatic carbocycles. The van der Waals surface area contributed by atoms with E-state index in [-0.39, 0.29) is 17.9 Å². The second-order valence-electron chi connectivity index (χ2n) is 7.85. The molecule has 1 N–H and O–H groups in total. The minimum atomic E-state index is -3.49. The molecule has 2 aliphatic rings. The number of amides is 2. The van der Waals surface area contributed by atoms with Crippen LogP contribution >= 0.6 is 0 Å². The maximum atomic E-state index is 12.8. The molecule has 2 fully saturated rings. The van der Waals surface area contributed by atoms with Crippen molar-refractivity contribution in [2.24, 2.45) is 0 Å². The van der Waals surface area contributed by atoms with Gasteiger partial charge in [-0.05, 0) is 31.9 Å². The highest BCUT2D eigenvalue weighted by Gasteiger charge is 2.30. The van der Waals surface area contributed by atoms with Gasteiger partial charge >= 0.3 is 0 Å². The Labute approximate surface area is 172 Å². The Balaban J connectivity index is 1.47. The number of carbonyl (C=O) groups is 2. The first-order valence-electron chi connectivity index (χ1n) is 10.1. The smallest absolute Gasteiger partial charge is 0.243 e. The van der Waals surface area contributed by atoms with E-state index < -0.39 is 10.0 Å². The number of nitrogens with zero attached hydrogens (tertiary/aromatic N) is 3. The lowest BCUT2D eigenvalue weighted by atomic mass is 10.0. The van der Waals surface area contributed by atoms with Crippen LogP contribution in [0.4, 0.5) is 0 Å². The molecule has 0 aromatic heterocycles. The van der Waals surface area contributed by atoms with E-state index >= 15 is 0 Å². The Morgan fingerprint density at radius 3 is 2.14 bits per heavy atom. The van der Waals surface area contributed by atoms with Crippen LogP contribution in [0.3, 0.4) is 0 Å². The van der Waals surface area contributed by atoms with Crippen LogP contribution in [0.25, 0.3) is 0 Å². The fourth-order valence-electron chi connectivity index (χ4n) is 3.84. The van der Waals surface area contributed by atoms with Crippen molar-refractivity contribution in [1.29, 1.82) is 0 Å². The summed E-state index contributed by atoms with van der Waals surface area (Å²) in [6, 6.07) is 7.04. The number of piperazine rings is 1. The standard InChI is InChI=1S/C20H30N4O4S/c1-16-3-5-19(6-4-16)29(27,28)24-13-11-22(12-14-24)15-20(26)23-9-7-18(8-10-23)21-17(2)25/h3-6,18H,7-15H2,1-2H3,(H,21,25). The average molecular weight is 423 g/mol. The Bertz CT molecular complexity index is 825. The highest BCUT2D eigenvalue weighted by Crippen LogP contribution is 2.18. The predicted molar refractivity (Wildman–Crippen MR) is 110 cm³/mol. The zero-order valence-electron chi connectivity index (χ0n) is 17.1. The first-order chi connectivity index (χ1) is 13.8. The SMILES string of the molecule is CC(=O)NC1CCN(C(=O)CN2CCN(S(=O)(=O)c3ccc(C)cc3)CC2)CC1. The van der Waals surface area contributed by atoms with Crippen LogP contribution in [0.15, 0.2) is 29.2 Å². The highest BCUT2D eigenvalue weighted by atomic mass is 32.2. The van der Waals surface area contributed by atoms with Gasteiger partial charge in [-0.15, -0.1) is 0 Å². The molecular formula is C20H30N4O4S. The number of nitrogens with one attached hydrogen (secondary N) is 1. The molecule has 0 unspecified atom stereocenters. The molecule has 0 bridgehead atoms. The number of carbonyl (C=O) groups excluding carboxylic acids is 2. The summed E-state index contributed by atoms with van der Waals surface area (Å²) in [5.41, 5.74) is 1.02. The molecule has 9 heteroatoms. The lowest BCUT2D eigenvalue weighted by Crippen LogP contribution is -2.53. The lowest BCUT2D eigenvalue weighted by Gasteiger charge is -2.36. The van der Waals surface area contributed by atoms with Crippen molar-refractivity contribution < 1.29 is 18.0 Å². The summed E-state index contributed by atoms with van der Waals surface area (Å²) in [7, 11) is -3.49. The van der Waals surface area contributed by atoms with E-state index in [1.54, 1.807) is 24.3 Å². The minimum absolute atomic E-state index is 0.0340. The predicted octanol–water partition coefficient (Wildman–Crippen LogP) is 0.428. The zero-order chi connectivity index (χ0) is 21.0. The largest absolute Gasteiger partial charge is 0.353 e. The van der Waals surface area contributed by atoms with Crippen molar-refractivity contribution in [3.63, 3.8) is 0 Å². The van der Waals surface area contributed by atoms with Gasteiger partial charge in [0.25, 0.3) is 0 Å². The quantitative estimate of drug-likeness (QED) is 0.743. The molecule has 1 aromatic rings. The molecule has 2 heterocycles. The molecule has 0 saturated carbocycles. The number of rotatable bonds is 5. The summed E-state index contributed by atoms with van der Waals surface area (Å²) in [6.45, 7) is 6.88. The number of benzene rings is 1. The first-order valence-corrected chi connectivity index (χ1v) is 11.5. The maximum Gasteiger partial charge on any atom is 0.243 e. The average Bonchev–Trinajstić information content (AvgIpc) is 2.69. The number of hydrogen-bond acceptors (Lipinski definition) is 5. The normalized spacial score (nSPS) is 19.9. The zero-order valence-corrected chi connectivity index (χ0v) is 18.0. The van der Waals surface area contributed by atoms with Gasteiger partial charge in [0, 0.05) is 52.2 Å². The van der Waals surface area contributed by atoms with Crippen LogP contribution in [-0.2, 0) is 19.6 Å². The fourth-order valence-corrected chi connectivity index (χ4v) is 5.26. The van der Waals surface area contributed by atoms with Crippen LogP contribution in [-0.4, -0.2) is 86.2 Å². The Kier molecular flexibility index (Phi) is 6.92. The van der Waals surface area contributed by atoms with Crippen LogP contribution in [0.5, 0.6) is 0 Å². The van der Waals surface area contributed by atoms with E-state index in [2.05, 4.69) is 5.32 Å². The molecular weight excluding hydrogens is 392 g/mol.